The Hall–Kier alpha value is -0.120. The van der Waals surface area contributed by atoms with Crippen molar-refractivity contribution in [3.05, 3.63) is 0 Å². The minimum atomic E-state index is 0.529. The van der Waals surface area contributed by atoms with Gasteiger partial charge in [0, 0.05) is 7.11 Å². The first-order valence-corrected chi connectivity index (χ1v) is 4.36. The first-order chi connectivity index (χ1) is 5.48. The van der Waals surface area contributed by atoms with E-state index in [0.717, 1.165) is 11.1 Å². The van der Waals surface area contributed by atoms with Gasteiger partial charge in [-0.3, -0.25) is 0 Å². The highest BCUT2D eigenvalue weighted by molar-refractivity contribution is 4.45. The van der Waals surface area contributed by atoms with E-state index in [2.05, 4.69) is 28.1 Å². The van der Waals surface area contributed by atoms with Crippen LogP contribution in [0.4, 0.5) is 0 Å². The number of quaternary nitrogens is 1. The van der Waals surface area contributed by atoms with Crippen LogP contribution in [-0.4, -0.2) is 58.6 Å². The molecule has 0 radical (unpaired) electrons. The zero-order valence-corrected chi connectivity index (χ0v) is 8.96. The molecule has 74 valence electrons. The maximum absolute atomic E-state index is 5.42. The number of methoxy groups -OCH3 is 1. The van der Waals surface area contributed by atoms with E-state index in [9.17, 15) is 0 Å². The van der Waals surface area contributed by atoms with Crippen LogP contribution in [0.25, 0.3) is 0 Å². The predicted molar refractivity (Wildman–Crippen MR) is 50.2 cm³/mol. The molecule has 0 N–H and O–H groups in total. The summed E-state index contributed by atoms with van der Waals surface area (Å²) in [4.78, 5) is 0. The number of ether oxygens (including phenoxy) is 2. The van der Waals surface area contributed by atoms with Crippen LogP contribution in [0.1, 0.15) is 6.92 Å². The van der Waals surface area contributed by atoms with Crippen molar-refractivity contribution in [3.8, 4) is 0 Å². The minimum Gasteiger partial charge on any atom is -0.382 e. The lowest BCUT2D eigenvalue weighted by atomic mass is 10.3. The Balaban J connectivity index is 3.38. The van der Waals surface area contributed by atoms with E-state index in [1.165, 1.54) is 0 Å². The van der Waals surface area contributed by atoms with Crippen molar-refractivity contribution in [2.75, 3.05) is 48.1 Å². The van der Waals surface area contributed by atoms with Crippen LogP contribution in [0, 0.1) is 0 Å². The summed E-state index contributed by atoms with van der Waals surface area (Å²) in [5.41, 5.74) is 0. The van der Waals surface area contributed by atoms with Crippen LogP contribution in [0.3, 0.4) is 0 Å². The lowest BCUT2D eigenvalue weighted by Gasteiger charge is -2.31. The molecular weight excluding hydrogens is 154 g/mol. The molecule has 0 aromatic carbocycles. The molecule has 0 aromatic heterocycles. The van der Waals surface area contributed by atoms with Gasteiger partial charge in [-0.25, -0.2) is 0 Å². The predicted octanol–water partition coefficient (Wildman–Crippen LogP) is 0.744. The van der Waals surface area contributed by atoms with E-state index >= 15 is 0 Å². The van der Waals surface area contributed by atoms with E-state index in [-0.39, 0.29) is 0 Å². The Morgan fingerprint density at radius 3 is 2.17 bits per heavy atom. The lowest BCUT2D eigenvalue weighted by Crippen LogP contribution is -2.45. The topological polar surface area (TPSA) is 18.5 Å². The smallest absolute Gasteiger partial charge is 0.109 e. The molecule has 0 amide bonds. The molecule has 0 aliphatic carbocycles. The SMILES string of the molecule is COCCOCC(C)[N+](C)(C)C. The third-order valence-electron chi connectivity index (χ3n) is 2.11. The number of nitrogens with zero attached hydrogens (tertiary/aromatic N) is 1. The van der Waals surface area contributed by atoms with Crippen LogP contribution in [0.5, 0.6) is 0 Å². The third kappa shape index (κ3) is 5.52. The molecule has 1 unspecified atom stereocenters. The zero-order chi connectivity index (χ0) is 9.61. The Labute approximate surface area is 75.9 Å². The summed E-state index contributed by atoms with van der Waals surface area (Å²) >= 11 is 0. The fraction of sp³-hybridized carbons (Fsp3) is 1.00. The van der Waals surface area contributed by atoms with Crippen LogP contribution in [0.15, 0.2) is 0 Å². The fourth-order valence-corrected chi connectivity index (χ4v) is 0.620. The average Bonchev–Trinajstić information content (AvgIpc) is 1.96. The number of hydrogen-bond acceptors (Lipinski definition) is 2. The normalized spacial score (nSPS) is 14.8. The van der Waals surface area contributed by atoms with E-state index < -0.39 is 0 Å². The lowest BCUT2D eigenvalue weighted by molar-refractivity contribution is -0.894. The molecule has 1 atom stereocenters. The minimum absolute atomic E-state index is 0.529. The highest BCUT2D eigenvalue weighted by atomic mass is 16.5. The van der Waals surface area contributed by atoms with E-state index in [0.29, 0.717) is 19.3 Å². The molecule has 0 fully saturated rings. The zero-order valence-electron chi connectivity index (χ0n) is 8.96. The Morgan fingerprint density at radius 2 is 1.75 bits per heavy atom. The van der Waals surface area contributed by atoms with Gasteiger partial charge in [-0.15, -0.1) is 0 Å². The van der Waals surface area contributed by atoms with Crippen molar-refractivity contribution in [1.82, 2.24) is 0 Å². The Morgan fingerprint density at radius 1 is 1.17 bits per heavy atom. The molecule has 0 aliphatic heterocycles. The summed E-state index contributed by atoms with van der Waals surface area (Å²) in [5.74, 6) is 0. The van der Waals surface area contributed by atoms with E-state index in [1.807, 2.05) is 0 Å². The third-order valence-corrected chi connectivity index (χ3v) is 2.11. The maximum Gasteiger partial charge on any atom is 0.109 e. The average molecular weight is 176 g/mol. The molecule has 0 aromatic rings. The second-order valence-electron chi connectivity index (χ2n) is 4.03. The number of rotatable bonds is 6. The van der Waals surface area contributed by atoms with Crippen molar-refractivity contribution in [1.29, 1.82) is 0 Å². The van der Waals surface area contributed by atoms with Gasteiger partial charge >= 0.3 is 0 Å². The van der Waals surface area contributed by atoms with E-state index in [1.54, 1.807) is 7.11 Å². The first kappa shape index (κ1) is 11.9. The summed E-state index contributed by atoms with van der Waals surface area (Å²) in [5, 5.41) is 0. The molecule has 0 aliphatic rings. The van der Waals surface area contributed by atoms with Crippen LogP contribution >= 0.6 is 0 Å². The van der Waals surface area contributed by atoms with Crippen molar-refractivity contribution in [2.24, 2.45) is 0 Å². The van der Waals surface area contributed by atoms with Gasteiger partial charge < -0.3 is 14.0 Å². The highest BCUT2D eigenvalue weighted by Gasteiger charge is 2.17. The molecule has 0 heterocycles. The number of likely N-dealkylation sites (N-methyl/N-ethyl adjacent to an activating group) is 1. The molecular formula is C9H22NO2+. The van der Waals surface area contributed by atoms with Crippen molar-refractivity contribution < 1.29 is 14.0 Å². The molecule has 12 heavy (non-hydrogen) atoms. The summed E-state index contributed by atoms with van der Waals surface area (Å²) in [6, 6.07) is 0.529. The summed E-state index contributed by atoms with van der Waals surface area (Å²) < 4.78 is 11.2. The van der Waals surface area contributed by atoms with Gasteiger partial charge in [0.25, 0.3) is 0 Å². The van der Waals surface area contributed by atoms with Gasteiger partial charge in [0.2, 0.25) is 0 Å². The van der Waals surface area contributed by atoms with Crippen molar-refractivity contribution in [2.45, 2.75) is 13.0 Å². The molecule has 3 nitrogen and oxygen atoms in total. The Bertz CT molecular complexity index is 110. The second-order valence-corrected chi connectivity index (χ2v) is 4.03. The fourth-order valence-electron chi connectivity index (χ4n) is 0.620. The van der Waals surface area contributed by atoms with Gasteiger partial charge in [0.05, 0.1) is 41.0 Å². The van der Waals surface area contributed by atoms with Crippen molar-refractivity contribution in [3.63, 3.8) is 0 Å². The number of hydrogen-bond donors (Lipinski definition) is 0. The van der Waals surface area contributed by atoms with Crippen LogP contribution in [0.2, 0.25) is 0 Å². The summed E-state index contributed by atoms with van der Waals surface area (Å²) in [6.45, 7) is 4.37. The highest BCUT2D eigenvalue weighted by Crippen LogP contribution is 2.01. The molecule has 0 saturated heterocycles. The van der Waals surface area contributed by atoms with Crippen LogP contribution < -0.4 is 0 Å². The summed E-state index contributed by atoms with van der Waals surface area (Å²) in [7, 11) is 8.20. The van der Waals surface area contributed by atoms with Gasteiger partial charge in [-0.2, -0.15) is 0 Å². The summed E-state index contributed by atoms with van der Waals surface area (Å²) in [6.07, 6.45) is 0. The van der Waals surface area contributed by atoms with Gasteiger partial charge in [-0.1, -0.05) is 0 Å². The monoisotopic (exact) mass is 176 g/mol. The molecule has 0 saturated carbocycles. The standard InChI is InChI=1S/C9H22NO2/c1-9(10(2,3)4)8-12-7-6-11-5/h9H,6-8H2,1-5H3/q+1. The van der Waals surface area contributed by atoms with Gasteiger partial charge in [0.1, 0.15) is 6.04 Å². The largest absolute Gasteiger partial charge is 0.382 e. The quantitative estimate of drug-likeness (QED) is 0.439. The van der Waals surface area contributed by atoms with Gasteiger partial charge in [0.15, 0.2) is 0 Å². The molecule has 0 spiro atoms. The Kier molecular flexibility index (Phi) is 5.46. The maximum atomic E-state index is 5.42. The molecule has 0 bridgehead atoms. The first-order valence-electron chi connectivity index (χ1n) is 4.36. The second kappa shape index (κ2) is 5.51. The molecule has 0 rings (SSSR count). The van der Waals surface area contributed by atoms with E-state index in [4.69, 9.17) is 9.47 Å². The van der Waals surface area contributed by atoms with Crippen molar-refractivity contribution >= 4 is 0 Å². The van der Waals surface area contributed by atoms with Crippen LogP contribution in [-0.2, 0) is 9.47 Å². The van der Waals surface area contributed by atoms with Gasteiger partial charge in [-0.05, 0) is 6.92 Å². The molecule has 3 heteroatoms.